The van der Waals surface area contributed by atoms with Crippen molar-refractivity contribution in [3.05, 3.63) is 129 Å². The van der Waals surface area contributed by atoms with Crippen LogP contribution in [0.4, 0.5) is 5.69 Å². The number of rotatable bonds is 12. The van der Waals surface area contributed by atoms with Gasteiger partial charge in [-0.05, 0) is 66.4 Å². The molecule has 1 aliphatic rings. The molecule has 47 heavy (non-hydrogen) atoms. The highest BCUT2D eigenvalue weighted by molar-refractivity contribution is 7.92. The minimum absolute atomic E-state index is 0.00353. The third-order valence-electron chi connectivity index (χ3n) is 8.27. The van der Waals surface area contributed by atoms with Crippen LogP contribution in [0.3, 0.4) is 0 Å². The maximum atomic E-state index is 14.6. The number of halogens is 3. The normalized spacial score (nSPS) is 14.3. The minimum Gasteiger partial charge on any atom is -0.352 e. The van der Waals surface area contributed by atoms with Gasteiger partial charge >= 0.3 is 0 Å². The first-order chi connectivity index (χ1) is 22.6. The summed E-state index contributed by atoms with van der Waals surface area (Å²) in [4.78, 5) is 30.3. The maximum Gasteiger partial charge on any atom is 0.264 e. The molecule has 0 saturated heterocycles. The van der Waals surface area contributed by atoms with Gasteiger partial charge in [-0.25, -0.2) is 8.42 Å². The highest BCUT2D eigenvalue weighted by Crippen LogP contribution is 2.31. The van der Waals surface area contributed by atoms with Crippen molar-refractivity contribution in [1.29, 1.82) is 0 Å². The molecule has 7 nitrogen and oxygen atoms in total. The smallest absolute Gasteiger partial charge is 0.264 e. The van der Waals surface area contributed by atoms with Crippen LogP contribution < -0.4 is 9.62 Å². The fourth-order valence-corrected chi connectivity index (χ4v) is 7.75. The molecule has 0 radical (unpaired) electrons. The second-order valence-electron chi connectivity index (χ2n) is 11.6. The van der Waals surface area contributed by atoms with E-state index in [2.05, 4.69) is 5.32 Å². The van der Waals surface area contributed by atoms with Crippen molar-refractivity contribution in [1.82, 2.24) is 10.2 Å². The van der Waals surface area contributed by atoms with Crippen molar-refractivity contribution in [3.63, 3.8) is 0 Å². The van der Waals surface area contributed by atoms with E-state index in [0.29, 0.717) is 10.6 Å². The Morgan fingerprint density at radius 1 is 0.766 bits per heavy atom. The lowest BCUT2D eigenvalue weighted by Gasteiger charge is -2.35. The molecule has 11 heteroatoms. The van der Waals surface area contributed by atoms with Crippen LogP contribution in [0.15, 0.2) is 108 Å². The van der Waals surface area contributed by atoms with Gasteiger partial charge in [0.25, 0.3) is 10.0 Å². The summed E-state index contributed by atoms with van der Waals surface area (Å²) < 4.78 is 29.3. The molecular formula is C36H36Cl3N3O4S. The van der Waals surface area contributed by atoms with Crippen LogP contribution >= 0.6 is 34.8 Å². The van der Waals surface area contributed by atoms with Crippen molar-refractivity contribution in [2.24, 2.45) is 0 Å². The van der Waals surface area contributed by atoms with Crippen molar-refractivity contribution >= 4 is 62.3 Å². The lowest BCUT2D eigenvalue weighted by atomic mass is 9.94. The quantitative estimate of drug-likeness (QED) is 0.162. The van der Waals surface area contributed by atoms with E-state index in [1.54, 1.807) is 36.4 Å². The number of nitrogens with one attached hydrogen (secondary N) is 1. The monoisotopic (exact) mass is 711 g/mol. The number of sulfonamides is 1. The molecular weight excluding hydrogens is 677 g/mol. The van der Waals surface area contributed by atoms with Gasteiger partial charge in [-0.2, -0.15) is 0 Å². The fraction of sp³-hybridized carbons (Fsp3) is 0.278. The van der Waals surface area contributed by atoms with E-state index >= 15 is 0 Å². The lowest BCUT2D eigenvalue weighted by molar-refractivity contribution is -0.140. The first-order valence-corrected chi connectivity index (χ1v) is 18.1. The van der Waals surface area contributed by atoms with Gasteiger partial charge in [-0.1, -0.05) is 115 Å². The number of carbonyl (C=O) groups is 2. The molecule has 0 aliphatic heterocycles. The number of hydrogen-bond acceptors (Lipinski definition) is 4. The topological polar surface area (TPSA) is 86.8 Å². The Kier molecular flexibility index (Phi) is 11.9. The van der Waals surface area contributed by atoms with Crippen LogP contribution in [0.5, 0.6) is 0 Å². The van der Waals surface area contributed by atoms with E-state index in [-0.39, 0.29) is 45.5 Å². The Labute approximate surface area is 291 Å². The van der Waals surface area contributed by atoms with Crippen LogP contribution in [0.2, 0.25) is 15.1 Å². The molecule has 5 rings (SSSR count). The van der Waals surface area contributed by atoms with E-state index in [0.717, 1.165) is 42.0 Å². The fourth-order valence-electron chi connectivity index (χ4n) is 5.82. The second-order valence-corrected chi connectivity index (χ2v) is 14.7. The predicted octanol–water partition coefficient (Wildman–Crippen LogP) is 7.93. The van der Waals surface area contributed by atoms with E-state index in [9.17, 15) is 18.0 Å². The van der Waals surface area contributed by atoms with Gasteiger partial charge in [-0.3, -0.25) is 13.9 Å². The zero-order chi connectivity index (χ0) is 33.4. The Balaban J connectivity index is 1.57. The van der Waals surface area contributed by atoms with Crippen LogP contribution in [-0.4, -0.2) is 43.8 Å². The third kappa shape index (κ3) is 9.08. The summed E-state index contributed by atoms with van der Waals surface area (Å²) in [6.45, 7) is -0.576. The molecule has 1 fully saturated rings. The highest BCUT2D eigenvalue weighted by atomic mass is 35.5. The van der Waals surface area contributed by atoms with Crippen LogP contribution in [0.25, 0.3) is 0 Å². The van der Waals surface area contributed by atoms with Crippen molar-refractivity contribution in [2.75, 3.05) is 10.8 Å². The van der Waals surface area contributed by atoms with Crippen molar-refractivity contribution < 1.29 is 18.0 Å². The van der Waals surface area contributed by atoms with E-state index in [1.165, 1.54) is 35.2 Å². The zero-order valence-electron chi connectivity index (χ0n) is 25.7. The molecule has 246 valence electrons. The number of nitrogens with zero attached hydrogens (tertiary/aromatic N) is 2. The van der Waals surface area contributed by atoms with Crippen molar-refractivity contribution in [2.45, 2.75) is 62.0 Å². The Morgan fingerprint density at radius 3 is 2.09 bits per heavy atom. The molecule has 0 heterocycles. The summed E-state index contributed by atoms with van der Waals surface area (Å²) in [5, 5.41) is 4.05. The highest BCUT2D eigenvalue weighted by Gasteiger charge is 2.35. The van der Waals surface area contributed by atoms with Gasteiger partial charge in [0, 0.05) is 24.0 Å². The second kappa shape index (κ2) is 16.0. The van der Waals surface area contributed by atoms with E-state index in [4.69, 9.17) is 34.8 Å². The van der Waals surface area contributed by atoms with Gasteiger partial charge in [0.2, 0.25) is 11.8 Å². The Morgan fingerprint density at radius 2 is 1.43 bits per heavy atom. The largest absolute Gasteiger partial charge is 0.352 e. The molecule has 0 spiro atoms. The zero-order valence-corrected chi connectivity index (χ0v) is 28.8. The number of hydrogen-bond donors (Lipinski definition) is 1. The first-order valence-electron chi connectivity index (χ1n) is 15.5. The molecule has 1 aliphatic carbocycles. The third-order valence-corrected chi connectivity index (χ3v) is 11.0. The standard InChI is InChI=1S/C36H36Cl3N3O4S/c37-28-14-10-13-27(21-28)24-41(34(22-26-11-4-1-5-12-26)36(44)40-29-15-6-2-7-16-29)35(43)25-42(30-19-20-32(38)33(39)23-30)47(45,46)31-17-8-3-9-18-31/h1,3-5,8-14,17-21,23,29,34H,2,6-7,15-16,22,24-25H2,(H,40,44)/t34-/m0/s1. The molecule has 4 aromatic rings. The van der Waals surface area contributed by atoms with Crippen LogP contribution in [-0.2, 0) is 32.6 Å². The molecule has 1 atom stereocenters. The summed E-state index contributed by atoms with van der Waals surface area (Å²) >= 11 is 18.8. The van der Waals surface area contributed by atoms with Gasteiger partial charge in [0.1, 0.15) is 12.6 Å². The van der Waals surface area contributed by atoms with Gasteiger partial charge in [0.15, 0.2) is 0 Å². The summed E-state index contributed by atoms with van der Waals surface area (Å²) in [6, 6.07) is 27.8. The summed E-state index contributed by atoms with van der Waals surface area (Å²) in [6.07, 6.45) is 5.13. The number of anilines is 1. The van der Waals surface area contributed by atoms with Crippen LogP contribution in [0, 0.1) is 0 Å². The minimum atomic E-state index is -4.26. The number of benzene rings is 4. The number of carbonyl (C=O) groups excluding carboxylic acids is 2. The molecule has 0 aromatic heterocycles. The first kappa shape index (κ1) is 34.8. The molecule has 0 unspecified atom stereocenters. The van der Waals surface area contributed by atoms with Gasteiger partial charge < -0.3 is 10.2 Å². The molecule has 0 bridgehead atoms. The average Bonchev–Trinajstić information content (AvgIpc) is 3.07. The SMILES string of the molecule is O=C(NC1CCCCC1)[C@H](Cc1ccccc1)N(Cc1cccc(Cl)c1)C(=O)CN(c1ccc(Cl)c(Cl)c1)S(=O)(=O)c1ccccc1. The number of amides is 2. The summed E-state index contributed by atoms with van der Waals surface area (Å²) in [7, 11) is -4.26. The van der Waals surface area contributed by atoms with Crippen molar-refractivity contribution in [3.8, 4) is 0 Å². The molecule has 1 N–H and O–H groups in total. The Bertz CT molecular complexity index is 1790. The van der Waals surface area contributed by atoms with Gasteiger partial charge in [-0.15, -0.1) is 0 Å². The predicted molar refractivity (Wildman–Crippen MR) is 188 cm³/mol. The molecule has 2 amide bonds. The van der Waals surface area contributed by atoms with Crippen LogP contribution in [0.1, 0.15) is 43.2 Å². The summed E-state index contributed by atoms with van der Waals surface area (Å²) in [5.41, 5.74) is 1.71. The average molecular weight is 713 g/mol. The summed E-state index contributed by atoms with van der Waals surface area (Å²) in [5.74, 6) is -0.863. The Hall–Kier alpha value is -3.56. The maximum absolute atomic E-state index is 14.6. The van der Waals surface area contributed by atoms with E-state index in [1.807, 2.05) is 36.4 Å². The lowest BCUT2D eigenvalue weighted by Crippen LogP contribution is -2.55. The molecule has 1 saturated carbocycles. The van der Waals surface area contributed by atoms with Gasteiger partial charge in [0.05, 0.1) is 20.6 Å². The van der Waals surface area contributed by atoms with E-state index < -0.39 is 28.5 Å². The molecule has 4 aromatic carbocycles.